The van der Waals surface area contributed by atoms with Gasteiger partial charge in [-0.3, -0.25) is 9.59 Å². The van der Waals surface area contributed by atoms with Gasteiger partial charge in [0, 0.05) is 17.1 Å². The molecule has 1 aliphatic rings. The van der Waals surface area contributed by atoms with Crippen LogP contribution < -0.4 is 4.74 Å². The van der Waals surface area contributed by atoms with Crippen LogP contribution in [0.4, 0.5) is 0 Å². The van der Waals surface area contributed by atoms with Crippen LogP contribution in [0.1, 0.15) is 43.0 Å². The Hall–Kier alpha value is -2.83. The molecule has 2 aromatic rings. The molecule has 1 heterocycles. The van der Waals surface area contributed by atoms with Gasteiger partial charge in [-0.2, -0.15) is 0 Å². The Kier molecular flexibility index (Phi) is 8.39. The summed E-state index contributed by atoms with van der Waals surface area (Å²) in [5.74, 6) is -0.361. The Bertz CT molecular complexity index is 1080. The molecule has 1 atom stereocenters. The summed E-state index contributed by atoms with van der Waals surface area (Å²) in [6, 6.07) is 11.6. The standard InChI is InChI=1S/C27H33ClN2O4/c1-17(2)16-34-22-12-9-20(15-18(22)3)25(31)23-24(19-7-10-21(28)11-8-19)30(27(33)26(23)32)14-6-13-29(4)5/h7-12,15,17,24,31H,6,13-14,16H2,1-5H3/t24-/m0/s1. The Morgan fingerprint density at radius 2 is 1.82 bits per heavy atom. The molecule has 3 rings (SSSR count). The van der Waals surface area contributed by atoms with E-state index >= 15 is 0 Å². The highest BCUT2D eigenvalue weighted by Crippen LogP contribution is 2.40. The highest BCUT2D eigenvalue weighted by atomic mass is 35.5. The van der Waals surface area contributed by atoms with Crippen molar-refractivity contribution in [1.29, 1.82) is 0 Å². The van der Waals surface area contributed by atoms with Gasteiger partial charge in [-0.05, 0) is 81.4 Å². The van der Waals surface area contributed by atoms with Crippen LogP contribution in [0.3, 0.4) is 0 Å². The van der Waals surface area contributed by atoms with Crippen molar-refractivity contribution in [2.24, 2.45) is 5.92 Å². The van der Waals surface area contributed by atoms with Crippen LogP contribution in [0, 0.1) is 12.8 Å². The molecule has 0 spiro atoms. The van der Waals surface area contributed by atoms with Gasteiger partial charge in [0.25, 0.3) is 11.7 Å². The number of ether oxygens (including phenoxy) is 1. The maximum atomic E-state index is 13.1. The lowest BCUT2D eigenvalue weighted by molar-refractivity contribution is -0.139. The number of Topliss-reactive ketones (excluding diaryl/α,β-unsaturated/α-hetero) is 1. The molecular weight excluding hydrogens is 452 g/mol. The zero-order valence-electron chi connectivity index (χ0n) is 20.5. The van der Waals surface area contributed by atoms with E-state index in [1.807, 2.05) is 25.9 Å². The summed E-state index contributed by atoms with van der Waals surface area (Å²) >= 11 is 6.08. The molecule has 1 amide bonds. The molecule has 182 valence electrons. The molecule has 1 saturated heterocycles. The summed E-state index contributed by atoms with van der Waals surface area (Å²) in [6.45, 7) is 7.79. The maximum Gasteiger partial charge on any atom is 0.295 e. The molecule has 1 aliphatic heterocycles. The van der Waals surface area contributed by atoms with Gasteiger partial charge in [0.05, 0.1) is 18.2 Å². The highest BCUT2D eigenvalue weighted by Gasteiger charge is 2.45. The summed E-state index contributed by atoms with van der Waals surface area (Å²) in [7, 11) is 3.92. The fourth-order valence-corrected chi connectivity index (χ4v) is 4.16. The third-order valence-electron chi connectivity index (χ3n) is 5.75. The van der Waals surface area contributed by atoms with E-state index in [1.54, 1.807) is 47.4 Å². The maximum absolute atomic E-state index is 13.1. The average Bonchev–Trinajstić information content (AvgIpc) is 3.03. The average molecular weight is 485 g/mol. The first-order valence-electron chi connectivity index (χ1n) is 11.5. The molecule has 0 radical (unpaired) electrons. The number of likely N-dealkylation sites (tertiary alicyclic amines) is 1. The number of halogens is 1. The number of amides is 1. The Morgan fingerprint density at radius 1 is 1.15 bits per heavy atom. The van der Waals surface area contributed by atoms with Crippen LogP contribution >= 0.6 is 11.6 Å². The predicted octanol–water partition coefficient (Wildman–Crippen LogP) is 5.06. The first kappa shape index (κ1) is 25.8. The number of rotatable bonds is 9. The number of benzene rings is 2. The summed E-state index contributed by atoms with van der Waals surface area (Å²) in [4.78, 5) is 29.7. The van der Waals surface area contributed by atoms with E-state index in [4.69, 9.17) is 16.3 Å². The van der Waals surface area contributed by atoms with Gasteiger partial charge < -0.3 is 19.6 Å². The predicted molar refractivity (Wildman–Crippen MR) is 135 cm³/mol. The van der Waals surface area contributed by atoms with Gasteiger partial charge in [-0.15, -0.1) is 0 Å². The molecule has 0 aromatic heterocycles. The van der Waals surface area contributed by atoms with Crippen molar-refractivity contribution < 1.29 is 19.4 Å². The molecule has 0 aliphatic carbocycles. The fourth-order valence-electron chi connectivity index (χ4n) is 4.03. The van der Waals surface area contributed by atoms with Crippen molar-refractivity contribution in [3.05, 3.63) is 69.8 Å². The number of carbonyl (C=O) groups is 2. The van der Waals surface area contributed by atoms with Crippen LogP contribution in [0.5, 0.6) is 5.75 Å². The molecule has 6 nitrogen and oxygen atoms in total. The van der Waals surface area contributed by atoms with Crippen molar-refractivity contribution in [1.82, 2.24) is 9.80 Å². The highest BCUT2D eigenvalue weighted by molar-refractivity contribution is 6.46. The number of hydrogen-bond acceptors (Lipinski definition) is 5. The lowest BCUT2D eigenvalue weighted by atomic mass is 9.94. The number of ketones is 1. The summed E-state index contributed by atoms with van der Waals surface area (Å²) in [5, 5.41) is 11.8. The van der Waals surface area contributed by atoms with Gasteiger partial charge in [-0.25, -0.2) is 0 Å². The van der Waals surface area contributed by atoms with Crippen LogP contribution in [0.25, 0.3) is 5.76 Å². The van der Waals surface area contributed by atoms with E-state index in [0.717, 1.165) is 23.4 Å². The van der Waals surface area contributed by atoms with Crippen molar-refractivity contribution in [2.75, 3.05) is 33.8 Å². The summed E-state index contributed by atoms with van der Waals surface area (Å²) < 4.78 is 5.84. The molecule has 34 heavy (non-hydrogen) atoms. The van der Waals surface area contributed by atoms with Gasteiger partial charge in [0.1, 0.15) is 11.5 Å². The van der Waals surface area contributed by atoms with Crippen molar-refractivity contribution >= 4 is 29.1 Å². The van der Waals surface area contributed by atoms with Gasteiger partial charge in [0.15, 0.2) is 0 Å². The number of aliphatic hydroxyl groups is 1. The van der Waals surface area contributed by atoms with Gasteiger partial charge in [-0.1, -0.05) is 37.6 Å². The number of hydrogen-bond donors (Lipinski definition) is 1. The zero-order chi connectivity index (χ0) is 25.0. The van der Waals surface area contributed by atoms with Crippen molar-refractivity contribution in [3.8, 4) is 5.75 Å². The minimum Gasteiger partial charge on any atom is -0.507 e. The van der Waals surface area contributed by atoms with Crippen LogP contribution in [0.15, 0.2) is 48.0 Å². The molecule has 1 N–H and O–H groups in total. The smallest absolute Gasteiger partial charge is 0.295 e. The minimum absolute atomic E-state index is 0.0902. The Balaban J connectivity index is 2.03. The van der Waals surface area contributed by atoms with Crippen LogP contribution in [-0.2, 0) is 9.59 Å². The van der Waals surface area contributed by atoms with Gasteiger partial charge >= 0.3 is 0 Å². The third kappa shape index (κ3) is 5.80. The summed E-state index contributed by atoms with van der Waals surface area (Å²) in [6.07, 6.45) is 0.700. The molecule has 2 aromatic carbocycles. The van der Waals surface area contributed by atoms with E-state index in [2.05, 4.69) is 13.8 Å². The van der Waals surface area contributed by atoms with E-state index in [-0.39, 0.29) is 11.3 Å². The lowest BCUT2D eigenvalue weighted by Gasteiger charge is -2.26. The zero-order valence-corrected chi connectivity index (χ0v) is 21.2. The number of carbonyl (C=O) groups excluding carboxylic acids is 2. The number of nitrogens with zero attached hydrogens (tertiary/aromatic N) is 2. The first-order valence-corrected chi connectivity index (χ1v) is 11.9. The topological polar surface area (TPSA) is 70.1 Å². The molecule has 0 saturated carbocycles. The molecule has 7 heteroatoms. The van der Waals surface area contributed by atoms with Crippen LogP contribution in [-0.4, -0.2) is 60.4 Å². The first-order chi connectivity index (χ1) is 16.1. The van der Waals surface area contributed by atoms with Crippen LogP contribution in [0.2, 0.25) is 5.02 Å². The summed E-state index contributed by atoms with van der Waals surface area (Å²) in [5.41, 5.74) is 2.13. The second-order valence-corrected chi connectivity index (χ2v) is 9.82. The third-order valence-corrected chi connectivity index (χ3v) is 6.00. The van der Waals surface area contributed by atoms with Crippen molar-refractivity contribution in [3.63, 3.8) is 0 Å². The lowest BCUT2D eigenvalue weighted by Crippen LogP contribution is -2.32. The quantitative estimate of drug-likeness (QED) is 0.306. The molecule has 0 bridgehead atoms. The molecular formula is C27H33ClN2O4. The second kappa shape index (κ2) is 11.1. The normalized spacial score (nSPS) is 17.8. The van der Waals surface area contributed by atoms with E-state index in [9.17, 15) is 14.7 Å². The minimum atomic E-state index is -0.684. The van der Waals surface area contributed by atoms with Gasteiger partial charge in [0.2, 0.25) is 0 Å². The molecule has 1 fully saturated rings. The number of aryl methyl sites for hydroxylation is 1. The van der Waals surface area contributed by atoms with E-state index in [1.165, 1.54) is 0 Å². The van der Waals surface area contributed by atoms with Crippen molar-refractivity contribution in [2.45, 2.75) is 33.2 Å². The number of aliphatic hydroxyl groups excluding tert-OH is 1. The van der Waals surface area contributed by atoms with E-state index < -0.39 is 17.7 Å². The largest absolute Gasteiger partial charge is 0.507 e. The Labute approximate surface area is 206 Å². The molecule has 0 unspecified atom stereocenters. The van der Waals surface area contributed by atoms with E-state index in [0.29, 0.717) is 36.1 Å². The SMILES string of the molecule is Cc1cc(C(O)=C2C(=O)C(=O)N(CCCN(C)C)[C@H]2c2ccc(Cl)cc2)ccc1OCC(C)C. The Morgan fingerprint density at radius 3 is 2.41 bits per heavy atom. The second-order valence-electron chi connectivity index (χ2n) is 9.39. The fraction of sp³-hybridized carbons (Fsp3) is 0.407. The monoisotopic (exact) mass is 484 g/mol.